The Bertz CT molecular complexity index is 181. The molecule has 1 saturated heterocycles. The average molecular weight is 211 g/mol. The summed E-state index contributed by atoms with van der Waals surface area (Å²) in [5.74, 6) is 0. The standard InChI is InChI=1S/C12H25NSi/c1-4-7-11-14(5-2,6-3)12-13-9-8-10-13/h4,7H,5-6,8-12H2,1-3H3. The molecule has 1 fully saturated rings. The van der Waals surface area contributed by atoms with E-state index in [2.05, 4.69) is 37.8 Å². The number of nitrogens with zero attached hydrogens (tertiary/aromatic N) is 1. The van der Waals surface area contributed by atoms with Gasteiger partial charge in [-0.25, -0.2) is 0 Å². The summed E-state index contributed by atoms with van der Waals surface area (Å²) < 4.78 is 0. The monoisotopic (exact) mass is 211 g/mol. The molecule has 0 N–H and O–H groups in total. The summed E-state index contributed by atoms with van der Waals surface area (Å²) in [6.07, 6.45) is 7.51. The Labute approximate surface area is 90.2 Å². The van der Waals surface area contributed by atoms with Gasteiger partial charge < -0.3 is 4.90 Å². The van der Waals surface area contributed by atoms with Gasteiger partial charge in [-0.1, -0.05) is 38.1 Å². The molecule has 14 heavy (non-hydrogen) atoms. The fraction of sp³-hybridized carbons (Fsp3) is 0.833. The highest BCUT2D eigenvalue weighted by Gasteiger charge is 2.31. The fourth-order valence-electron chi connectivity index (χ4n) is 2.21. The van der Waals surface area contributed by atoms with E-state index in [1.807, 2.05) is 0 Å². The molecule has 0 aromatic carbocycles. The average Bonchev–Trinajstić information content (AvgIpc) is 2.17. The zero-order valence-electron chi connectivity index (χ0n) is 10.1. The molecular weight excluding hydrogens is 186 g/mol. The second-order valence-corrected chi connectivity index (χ2v) is 9.75. The zero-order valence-corrected chi connectivity index (χ0v) is 11.1. The Morgan fingerprint density at radius 2 is 1.86 bits per heavy atom. The van der Waals surface area contributed by atoms with Gasteiger partial charge in [0.05, 0.1) is 8.07 Å². The van der Waals surface area contributed by atoms with Crippen LogP contribution in [-0.4, -0.2) is 32.2 Å². The Morgan fingerprint density at radius 3 is 2.21 bits per heavy atom. The molecule has 2 heteroatoms. The van der Waals surface area contributed by atoms with Crippen LogP contribution in [0.15, 0.2) is 12.2 Å². The first-order valence-corrected chi connectivity index (χ1v) is 8.92. The molecule has 1 heterocycles. The van der Waals surface area contributed by atoms with Gasteiger partial charge in [0.25, 0.3) is 0 Å². The molecule has 0 saturated carbocycles. The smallest absolute Gasteiger partial charge is 0.0722 e. The molecule has 0 amide bonds. The van der Waals surface area contributed by atoms with Crippen molar-refractivity contribution in [3.8, 4) is 0 Å². The Hall–Kier alpha value is -0.0831. The van der Waals surface area contributed by atoms with Gasteiger partial charge in [0.1, 0.15) is 0 Å². The Morgan fingerprint density at radius 1 is 1.21 bits per heavy atom. The van der Waals surface area contributed by atoms with Crippen LogP contribution in [-0.2, 0) is 0 Å². The van der Waals surface area contributed by atoms with Crippen molar-refractivity contribution in [1.29, 1.82) is 0 Å². The van der Waals surface area contributed by atoms with Crippen molar-refractivity contribution in [3.63, 3.8) is 0 Å². The number of hydrogen-bond donors (Lipinski definition) is 0. The third-order valence-electron chi connectivity index (χ3n) is 3.79. The van der Waals surface area contributed by atoms with Crippen LogP contribution in [0.2, 0.25) is 18.1 Å². The minimum absolute atomic E-state index is 0.958. The van der Waals surface area contributed by atoms with Crippen LogP contribution < -0.4 is 0 Å². The summed E-state index contributed by atoms with van der Waals surface area (Å²) in [4.78, 5) is 2.67. The van der Waals surface area contributed by atoms with Crippen molar-refractivity contribution in [2.75, 3.05) is 19.3 Å². The van der Waals surface area contributed by atoms with Crippen LogP contribution in [0.5, 0.6) is 0 Å². The van der Waals surface area contributed by atoms with Crippen LogP contribution >= 0.6 is 0 Å². The largest absolute Gasteiger partial charge is 0.306 e. The van der Waals surface area contributed by atoms with Crippen molar-refractivity contribution in [1.82, 2.24) is 4.90 Å². The van der Waals surface area contributed by atoms with Gasteiger partial charge in [-0.3, -0.25) is 0 Å². The number of hydrogen-bond acceptors (Lipinski definition) is 1. The maximum Gasteiger partial charge on any atom is 0.0722 e. The van der Waals surface area contributed by atoms with Crippen LogP contribution in [0, 0.1) is 0 Å². The summed E-state index contributed by atoms with van der Waals surface area (Å²) in [6, 6.07) is 4.29. The number of likely N-dealkylation sites (tertiary alicyclic amines) is 1. The Kier molecular flexibility index (Phi) is 4.89. The molecule has 0 spiro atoms. The minimum Gasteiger partial charge on any atom is -0.306 e. The first kappa shape index (κ1) is 12.0. The third-order valence-corrected chi connectivity index (χ3v) is 9.01. The fourth-order valence-corrected chi connectivity index (χ4v) is 5.86. The molecule has 1 nitrogen and oxygen atoms in total. The molecular formula is C12H25NSi. The molecule has 0 unspecified atom stereocenters. The van der Waals surface area contributed by atoms with Crippen LogP contribution in [0.1, 0.15) is 27.2 Å². The molecule has 1 rings (SSSR count). The van der Waals surface area contributed by atoms with Gasteiger partial charge in [-0.2, -0.15) is 0 Å². The van der Waals surface area contributed by atoms with Gasteiger partial charge in [0.15, 0.2) is 0 Å². The highest BCUT2D eigenvalue weighted by atomic mass is 28.3. The molecule has 1 aliphatic rings. The van der Waals surface area contributed by atoms with Gasteiger partial charge in [-0.15, -0.1) is 0 Å². The van der Waals surface area contributed by atoms with E-state index in [0.717, 1.165) is 0 Å². The first-order chi connectivity index (χ1) is 6.76. The van der Waals surface area contributed by atoms with Crippen molar-refractivity contribution in [3.05, 3.63) is 12.2 Å². The summed E-state index contributed by atoms with van der Waals surface area (Å²) in [7, 11) is -0.958. The zero-order chi connectivity index (χ0) is 10.4. The normalized spacial score (nSPS) is 18.8. The lowest BCUT2D eigenvalue weighted by atomic mass is 10.2. The molecule has 0 aliphatic carbocycles. The van der Waals surface area contributed by atoms with E-state index >= 15 is 0 Å². The molecule has 0 aromatic rings. The van der Waals surface area contributed by atoms with Crippen LogP contribution in [0.4, 0.5) is 0 Å². The summed E-state index contributed by atoms with van der Waals surface area (Å²) >= 11 is 0. The second kappa shape index (κ2) is 5.71. The predicted molar refractivity (Wildman–Crippen MR) is 67.4 cm³/mol. The van der Waals surface area contributed by atoms with Crippen LogP contribution in [0.3, 0.4) is 0 Å². The first-order valence-electron chi connectivity index (χ1n) is 6.10. The summed E-state index contributed by atoms with van der Waals surface area (Å²) in [5, 5.41) is 0. The van der Waals surface area contributed by atoms with E-state index in [0.29, 0.717) is 0 Å². The van der Waals surface area contributed by atoms with E-state index in [1.165, 1.54) is 43.8 Å². The molecule has 0 bridgehead atoms. The lowest BCUT2D eigenvalue weighted by molar-refractivity contribution is 0.210. The van der Waals surface area contributed by atoms with Gasteiger partial charge in [0, 0.05) is 0 Å². The van der Waals surface area contributed by atoms with Gasteiger partial charge >= 0.3 is 0 Å². The van der Waals surface area contributed by atoms with E-state index in [4.69, 9.17) is 0 Å². The maximum absolute atomic E-state index is 2.67. The van der Waals surface area contributed by atoms with Crippen molar-refractivity contribution >= 4 is 8.07 Å². The molecule has 0 atom stereocenters. The second-order valence-electron chi connectivity index (χ2n) is 4.61. The van der Waals surface area contributed by atoms with Crippen molar-refractivity contribution in [2.45, 2.75) is 45.3 Å². The van der Waals surface area contributed by atoms with Crippen LogP contribution in [0.25, 0.3) is 0 Å². The Balaban J connectivity index is 2.48. The minimum atomic E-state index is -0.958. The SMILES string of the molecule is CC=CC[Si](CC)(CC)CN1CCC1. The predicted octanol–water partition coefficient (Wildman–Crippen LogP) is 3.30. The molecule has 0 aromatic heterocycles. The topological polar surface area (TPSA) is 3.24 Å². The quantitative estimate of drug-likeness (QED) is 0.481. The summed E-state index contributed by atoms with van der Waals surface area (Å²) in [5.41, 5.74) is 0. The molecule has 0 radical (unpaired) electrons. The maximum atomic E-state index is 2.67. The van der Waals surface area contributed by atoms with E-state index in [1.54, 1.807) is 0 Å². The number of allylic oxidation sites excluding steroid dienone is 2. The lowest BCUT2D eigenvalue weighted by Gasteiger charge is -2.39. The van der Waals surface area contributed by atoms with Gasteiger partial charge in [-0.05, 0) is 38.6 Å². The molecule has 1 aliphatic heterocycles. The lowest BCUT2D eigenvalue weighted by Crippen LogP contribution is -2.51. The molecule has 82 valence electrons. The van der Waals surface area contributed by atoms with Crippen molar-refractivity contribution in [2.24, 2.45) is 0 Å². The summed E-state index contributed by atoms with van der Waals surface area (Å²) in [6.45, 7) is 9.68. The van der Waals surface area contributed by atoms with E-state index in [9.17, 15) is 0 Å². The highest BCUT2D eigenvalue weighted by molar-refractivity contribution is 6.80. The van der Waals surface area contributed by atoms with E-state index in [-0.39, 0.29) is 0 Å². The van der Waals surface area contributed by atoms with Gasteiger partial charge in [0.2, 0.25) is 0 Å². The highest BCUT2D eigenvalue weighted by Crippen LogP contribution is 2.24. The number of rotatable bonds is 6. The third kappa shape index (κ3) is 2.96. The van der Waals surface area contributed by atoms with Crippen molar-refractivity contribution < 1.29 is 0 Å². The van der Waals surface area contributed by atoms with E-state index < -0.39 is 8.07 Å².